The number of hydrogen-bond acceptors (Lipinski definition) is 1. The molecule has 0 fully saturated rings. The SMILES string of the molecule is CC1(c2ccc(Cl)cc2)c2ccccc2C(=O)N1Cc1cccc(Br)c1. The summed E-state index contributed by atoms with van der Waals surface area (Å²) in [4.78, 5) is 15.2. The van der Waals surface area contributed by atoms with E-state index in [1.807, 2.05) is 71.6 Å². The molecule has 0 radical (unpaired) electrons. The number of nitrogens with zero attached hydrogens (tertiary/aromatic N) is 1. The zero-order valence-electron chi connectivity index (χ0n) is 14.2. The summed E-state index contributed by atoms with van der Waals surface area (Å²) in [6.07, 6.45) is 0. The summed E-state index contributed by atoms with van der Waals surface area (Å²) in [6, 6.07) is 23.7. The van der Waals surface area contributed by atoms with Crippen molar-refractivity contribution in [3.05, 3.63) is 105 Å². The zero-order valence-corrected chi connectivity index (χ0v) is 16.6. The van der Waals surface area contributed by atoms with Crippen molar-refractivity contribution >= 4 is 33.4 Å². The topological polar surface area (TPSA) is 20.3 Å². The molecular formula is C22H17BrClNO. The van der Waals surface area contributed by atoms with Crippen LogP contribution in [0.2, 0.25) is 5.02 Å². The molecule has 2 nitrogen and oxygen atoms in total. The third-order valence-corrected chi connectivity index (χ3v) is 5.85. The number of fused-ring (bicyclic) bond motifs is 1. The molecule has 0 aromatic heterocycles. The van der Waals surface area contributed by atoms with E-state index >= 15 is 0 Å². The Balaban J connectivity index is 1.86. The standard InChI is InChI=1S/C22H17BrClNO/c1-22(16-9-11-18(24)12-10-16)20-8-3-2-7-19(20)21(26)25(22)14-15-5-4-6-17(23)13-15/h2-13H,14H2,1H3. The summed E-state index contributed by atoms with van der Waals surface area (Å²) < 4.78 is 1.01. The van der Waals surface area contributed by atoms with E-state index in [2.05, 4.69) is 28.9 Å². The Morgan fingerprint density at radius 3 is 2.46 bits per heavy atom. The van der Waals surface area contributed by atoms with Crippen molar-refractivity contribution in [3.8, 4) is 0 Å². The number of amides is 1. The average molecular weight is 427 g/mol. The maximum atomic E-state index is 13.2. The van der Waals surface area contributed by atoms with Gasteiger partial charge in [-0.2, -0.15) is 0 Å². The first-order chi connectivity index (χ1) is 12.5. The van der Waals surface area contributed by atoms with Crippen molar-refractivity contribution in [1.82, 2.24) is 4.90 Å². The van der Waals surface area contributed by atoms with E-state index in [1.54, 1.807) is 0 Å². The molecule has 0 bridgehead atoms. The van der Waals surface area contributed by atoms with Crippen LogP contribution in [0.15, 0.2) is 77.3 Å². The highest BCUT2D eigenvalue weighted by molar-refractivity contribution is 9.10. The van der Waals surface area contributed by atoms with E-state index in [4.69, 9.17) is 11.6 Å². The normalized spacial score (nSPS) is 18.9. The Kier molecular flexibility index (Phi) is 4.37. The van der Waals surface area contributed by atoms with Crippen molar-refractivity contribution in [2.75, 3.05) is 0 Å². The summed E-state index contributed by atoms with van der Waals surface area (Å²) >= 11 is 9.61. The summed E-state index contributed by atoms with van der Waals surface area (Å²) in [5.41, 5.74) is 3.39. The van der Waals surface area contributed by atoms with Gasteiger partial charge in [0.25, 0.3) is 5.91 Å². The summed E-state index contributed by atoms with van der Waals surface area (Å²) in [5.74, 6) is 0.0537. The van der Waals surface area contributed by atoms with E-state index in [9.17, 15) is 4.79 Å². The minimum atomic E-state index is -0.541. The molecule has 26 heavy (non-hydrogen) atoms. The van der Waals surface area contributed by atoms with Gasteiger partial charge in [0.15, 0.2) is 0 Å². The Hall–Kier alpha value is -2.10. The first kappa shape index (κ1) is 17.3. The molecule has 0 saturated carbocycles. The highest BCUT2D eigenvalue weighted by Gasteiger charge is 2.47. The van der Waals surface area contributed by atoms with Gasteiger partial charge in [-0.25, -0.2) is 0 Å². The molecule has 3 aromatic carbocycles. The van der Waals surface area contributed by atoms with Crippen LogP contribution in [0.3, 0.4) is 0 Å². The lowest BCUT2D eigenvalue weighted by atomic mass is 9.84. The van der Waals surface area contributed by atoms with Crippen LogP contribution in [0.1, 0.15) is 34.0 Å². The van der Waals surface area contributed by atoms with Crippen LogP contribution in [-0.2, 0) is 12.1 Å². The maximum absolute atomic E-state index is 13.2. The molecule has 1 heterocycles. The number of rotatable bonds is 3. The second kappa shape index (κ2) is 6.57. The van der Waals surface area contributed by atoms with Gasteiger partial charge in [-0.05, 0) is 53.9 Å². The quantitative estimate of drug-likeness (QED) is 0.501. The van der Waals surface area contributed by atoms with E-state index in [0.717, 1.165) is 26.7 Å². The maximum Gasteiger partial charge on any atom is 0.255 e. The van der Waals surface area contributed by atoms with E-state index in [-0.39, 0.29) is 5.91 Å². The van der Waals surface area contributed by atoms with Crippen molar-refractivity contribution in [1.29, 1.82) is 0 Å². The van der Waals surface area contributed by atoms with E-state index in [0.29, 0.717) is 11.6 Å². The first-order valence-electron chi connectivity index (χ1n) is 8.42. The molecule has 3 aromatic rings. The molecule has 4 heteroatoms. The number of carbonyl (C=O) groups is 1. The minimum absolute atomic E-state index is 0.0537. The molecule has 1 unspecified atom stereocenters. The molecule has 0 saturated heterocycles. The van der Waals surface area contributed by atoms with Crippen molar-refractivity contribution in [2.24, 2.45) is 0 Å². The number of hydrogen-bond donors (Lipinski definition) is 0. The zero-order chi connectivity index (χ0) is 18.3. The molecule has 4 rings (SSSR count). The fourth-order valence-electron chi connectivity index (χ4n) is 3.72. The van der Waals surface area contributed by atoms with E-state index < -0.39 is 5.54 Å². The first-order valence-corrected chi connectivity index (χ1v) is 9.59. The molecular weight excluding hydrogens is 410 g/mol. The summed E-state index contributed by atoms with van der Waals surface area (Å²) in [7, 11) is 0. The molecule has 1 aliphatic heterocycles. The van der Waals surface area contributed by atoms with Gasteiger partial charge in [0.05, 0.1) is 5.54 Å². The lowest BCUT2D eigenvalue weighted by Gasteiger charge is -2.37. The predicted octanol–water partition coefficient (Wildman–Crippen LogP) is 6.02. The fourth-order valence-corrected chi connectivity index (χ4v) is 4.29. The molecule has 1 atom stereocenters. The Morgan fingerprint density at radius 1 is 1.00 bits per heavy atom. The summed E-state index contributed by atoms with van der Waals surface area (Å²) in [6.45, 7) is 2.64. The average Bonchev–Trinajstić information content (AvgIpc) is 2.86. The highest BCUT2D eigenvalue weighted by atomic mass is 79.9. The van der Waals surface area contributed by atoms with Crippen molar-refractivity contribution in [3.63, 3.8) is 0 Å². The Bertz CT molecular complexity index is 985. The fraction of sp³-hybridized carbons (Fsp3) is 0.136. The molecule has 0 aliphatic carbocycles. The van der Waals surface area contributed by atoms with Crippen LogP contribution in [-0.4, -0.2) is 10.8 Å². The minimum Gasteiger partial charge on any atom is -0.321 e. The van der Waals surface area contributed by atoms with Crippen LogP contribution < -0.4 is 0 Å². The van der Waals surface area contributed by atoms with Gasteiger partial charge in [-0.15, -0.1) is 0 Å². The van der Waals surface area contributed by atoms with Crippen LogP contribution in [0.25, 0.3) is 0 Å². The second-order valence-corrected chi connectivity index (χ2v) is 8.00. The van der Waals surface area contributed by atoms with Crippen molar-refractivity contribution < 1.29 is 4.79 Å². The largest absolute Gasteiger partial charge is 0.321 e. The van der Waals surface area contributed by atoms with Gasteiger partial charge < -0.3 is 4.90 Å². The van der Waals surface area contributed by atoms with Gasteiger partial charge in [0, 0.05) is 21.6 Å². The third-order valence-electron chi connectivity index (χ3n) is 5.10. The van der Waals surface area contributed by atoms with Gasteiger partial charge in [0.1, 0.15) is 0 Å². The Labute approximate surface area is 166 Å². The number of carbonyl (C=O) groups excluding carboxylic acids is 1. The monoisotopic (exact) mass is 425 g/mol. The lowest BCUT2D eigenvalue weighted by Crippen LogP contribution is -2.41. The molecule has 1 amide bonds. The van der Waals surface area contributed by atoms with Gasteiger partial charge >= 0.3 is 0 Å². The van der Waals surface area contributed by atoms with Crippen LogP contribution in [0.4, 0.5) is 0 Å². The van der Waals surface area contributed by atoms with Gasteiger partial charge in [0.2, 0.25) is 0 Å². The van der Waals surface area contributed by atoms with Gasteiger partial charge in [-0.1, -0.05) is 70.0 Å². The predicted molar refractivity (Wildman–Crippen MR) is 108 cm³/mol. The van der Waals surface area contributed by atoms with Crippen LogP contribution >= 0.6 is 27.5 Å². The summed E-state index contributed by atoms with van der Waals surface area (Å²) in [5, 5.41) is 0.688. The van der Waals surface area contributed by atoms with E-state index in [1.165, 1.54) is 0 Å². The van der Waals surface area contributed by atoms with Gasteiger partial charge in [-0.3, -0.25) is 4.79 Å². The molecule has 130 valence electrons. The molecule has 1 aliphatic rings. The molecule has 0 N–H and O–H groups in total. The lowest BCUT2D eigenvalue weighted by molar-refractivity contribution is 0.0630. The molecule has 0 spiro atoms. The number of halogens is 2. The second-order valence-electron chi connectivity index (χ2n) is 6.65. The Morgan fingerprint density at radius 2 is 1.73 bits per heavy atom. The highest BCUT2D eigenvalue weighted by Crippen LogP contribution is 2.45. The van der Waals surface area contributed by atoms with Crippen LogP contribution in [0.5, 0.6) is 0 Å². The third kappa shape index (κ3) is 2.76. The number of benzene rings is 3. The van der Waals surface area contributed by atoms with Crippen LogP contribution in [0, 0.1) is 0 Å². The smallest absolute Gasteiger partial charge is 0.255 e. The van der Waals surface area contributed by atoms with Crippen molar-refractivity contribution in [2.45, 2.75) is 19.0 Å².